The van der Waals surface area contributed by atoms with Crippen molar-refractivity contribution >= 4 is 5.78 Å². The molecule has 1 fully saturated rings. The molecule has 0 aromatic rings. The summed E-state index contributed by atoms with van der Waals surface area (Å²) >= 11 is 0. The molecule has 0 aliphatic heterocycles. The van der Waals surface area contributed by atoms with Gasteiger partial charge in [0.15, 0.2) is 0 Å². The summed E-state index contributed by atoms with van der Waals surface area (Å²) < 4.78 is 0. The normalized spacial score (nSPS) is 26.9. The van der Waals surface area contributed by atoms with Gasteiger partial charge in [-0.2, -0.15) is 0 Å². The molecule has 1 nitrogen and oxygen atoms in total. The van der Waals surface area contributed by atoms with Gasteiger partial charge in [-0.3, -0.25) is 4.79 Å². The minimum atomic E-state index is 0.404. The first-order valence-electron chi connectivity index (χ1n) is 6.70. The maximum atomic E-state index is 12.0. The molecule has 0 bridgehead atoms. The average molecular weight is 210 g/mol. The third-order valence-corrected chi connectivity index (χ3v) is 4.12. The lowest BCUT2D eigenvalue weighted by Crippen LogP contribution is -2.22. The van der Waals surface area contributed by atoms with Gasteiger partial charge in [0, 0.05) is 12.3 Å². The fourth-order valence-electron chi connectivity index (χ4n) is 2.61. The van der Waals surface area contributed by atoms with Gasteiger partial charge in [0.2, 0.25) is 0 Å². The van der Waals surface area contributed by atoms with Crippen LogP contribution < -0.4 is 0 Å². The third-order valence-electron chi connectivity index (χ3n) is 4.12. The van der Waals surface area contributed by atoms with E-state index in [-0.39, 0.29) is 0 Å². The Bertz CT molecular complexity index is 186. The van der Waals surface area contributed by atoms with E-state index in [2.05, 4.69) is 20.8 Å². The Hall–Kier alpha value is -0.330. The SMILES string of the molecule is CCC(CC)CC(=O)C1CCC(C)CC1. The van der Waals surface area contributed by atoms with Gasteiger partial charge in [-0.25, -0.2) is 0 Å². The zero-order chi connectivity index (χ0) is 11.3. The number of hydrogen-bond donors (Lipinski definition) is 0. The summed E-state index contributed by atoms with van der Waals surface area (Å²) in [6, 6.07) is 0. The average Bonchev–Trinajstić information content (AvgIpc) is 2.26. The quantitative estimate of drug-likeness (QED) is 0.664. The highest BCUT2D eigenvalue weighted by Crippen LogP contribution is 2.30. The van der Waals surface area contributed by atoms with Crippen molar-refractivity contribution in [2.45, 2.75) is 65.7 Å². The second kappa shape index (κ2) is 6.30. The van der Waals surface area contributed by atoms with E-state index in [0.717, 1.165) is 38.0 Å². The fourth-order valence-corrected chi connectivity index (χ4v) is 2.61. The van der Waals surface area contributed by atoms with Gasteiger partial charge in [0.1, 0.15) is 5.78 Å². The molecule has 0 saturated heterocycles. The monoisotopic (exact) mass is 210 g/mol. The molecule has 0 heterocycles. The minimum Gasteiger partial charge on any atom is -0.299 e. The fraction of sp³-hybridized carbons (Fsp3) is 0.929. The Labute approximate surface area is 94.6 Å². The van der Waals surface area contributed by atoms with E-state index in [9.17, 15) is 4.79 Å². The maximum Gasteiger partial charge on any atom is 0.136 e. The lowest BCUT2D eigenvalue weighted by Gasteiger charge is -2.26. The van der Waals surface area contributed by atoms with Gasteiger partial charge in [-0.1, -0.05) is 46.5 Å². The van der Waals surface area contributed by atoms with Crippen molar-refractivity contribution in [1.29, 1.82) is 0 Å². The van der Waals surface area contributed by atoms with E-state index in [1.54, 1.807) is 0 Å². The number of carbonyl (C=O) groups is 1. The zero-order valence-corrected chi connectivity index (χ0v) is 10.6. The highest BCUT2D eigenvalue weighted by Gasteiger charge is 2.25. The molecule has 0 aromatic carbocycles. The summed E-state index contributed by atoms with van der Waals surface area (Å²) in [4.78, 5) is 12.0. The van der Waals surface area contributed by atoms with E-state index in [0.29, 0.717) is 17.6 Å². The Kier molecular flexibility index (Phi) is 5.35. The molecule has 0 radical (unpaired) electrons. The van der Waals surface area contributed by atoms with E-state index < -0.39 is 0 Å². The van der Waals surface area contributed by atoms with Gasteiger partial charge in [0.25, 0.3) is 0 Å². The van der Waals surface area contributed by atoms with E-state index in [4.69, 9.17) is 0 Å². The van der Waals surface area contributed by atoms with Gasteiger partial charge < -0.3 is 0 Å². The van der Waals surface area contributed by atoms with Gasteiger partial charge in [-0.15, -0.1) is 0 Å². The van der Waals surface area contributed by atoms with Crippen molar-refractivity contribution in [2.24, 2.45) is 17.8 Å². The van der Waals surface area contributed by atoms with E-state index >= 15 is 0 Å². The molecule has 0 N–H and O–H groups in total. The number of Topliss-reactive ketones (excluding diaryl/α,β-unsaturated/α-hetero) is 1. The first kappa shape index (κ1) is 12.7. The molecule has 0 unspecified atom stereocenters. The van der Waals surface area contributed by atoms with Crippen molar-refractivity contribution in [2.75, 3.05) is 0 Å². The van der Waals surface area contributed by atoms with Crippen molar-refractivity contribution in [3.63, 3.8) is 0 Å². The number of rotatable bonds is 5. The molecule has 1 heteroatoms. The smallest absolute Gasteiger partial charge is 0.136 e. The zero-order valence-electron chi connectivity index (χ0n) is 10.6. The Morgan fingerprint density at radius 3 is 2.13 bits per heavy atom. The molecule has 88 valence electrons. The van der Waals surface area contributed by atoms with Crippen LogP contribution >= 0.6 is 0 Å². The summed E-state index contributed by atoms with van der Waals surface area (Å²) in [7, 11) is 0. The van der Waals surface area contributed by atoms with Crippen molar-refractivity contribution < 1.29 is 4.79 Å². The summed E-state index contributed by atoms with van der Waals surface area (Å²) in [6.45, 7) is 6.70. The Balaban J connectivity index is 2.33. The van der Waals surface area contributed by atoms with Crippen LogP contribution in [0.4, 0.5) is 0 Å². The molecular formula is C14H26O. The van der Waals surface area contributed by atoms with Crippen LogP contribution in [0.5, 0.6) is 0 Å². The second-order valence-corrected chi connectivity index (χ2v) is 5.31. The van der Waals surface area contributed by atoms with Crippen LogP contribution in [0.25, 0.3) is 0 Å². The predicted molar refractivity (Wildman–Crippen MR) is 64.8 cm³/mol. The summed E-state index contributed by atoms with van der Waals surface area (Å²) in [5.41, 5.74) is 0. The van der Waals surface area contributed by atoms with E-state index in [1.807, 2.05) is 0 Å². The van der Waals surface area contributed by atoms with Gasteiger partial charge in [-0.05, 0) is 24.7 Å². The molecule has 0 atom stereocenters. The standard InChI is InChI=1S/C14H26O/c1-4-12(5-2)10-14(15)13-8-6-11(3)7-9-13/h11-13H,4-10H2,1-3H3. The molecule has 0 spiro atoms. The Morgan fingerprint density at radius 2 is 1.67 bits per heavy atom. The highest BCUT2D eigenvalue weighted by atomic mass is 16.1. The van der Waals surface area contributed by atoms with Crippen LogP contribution in [-0.2, 0) is 4.79 Å². The van der Waals surface area contributed by atoms with Crippen LogP contribution in [0.15, 0.2) is 0 Å². The summed E-state index contributed by atoms with van der Waals surface area (Å²) in [5, 5.41) is 0. The van der Waals surface area contributed by atoms with Crippen LogP contribution in [-0.4, -0.2) is 5.78 Å². The largest absolute Gasteiger partial charge is 0.299 e. The molecule has 1 rings (SSSR count). The minimum absolute atomic E-state index is 0.404. The van der Waals surface area contributed by atoms with Gasteiger partial charge >= 0.3 is 0 Å². The van der Waals surface area contributed by atoms with Crippen LogP contribution in [0.2, 0.25) is 0 Å². The number of ketones is 1. The molecular weight excluding hydrogens is 184 g/mol. The first-order valence-corrected chi connectivity index (χ1v) is 6.70. The lowest BCUT2D eigenvalue weighted by molar-refractivity contribution is -0.125. The number of hydrogen-bond acceptors (Lipinski definition) is 1. The van der Waals surface area contributed by atoms with Crippen molar-refractivity contribution in [3.05, 3.63) is 0 Å². The molecule has 1 aliphatic rings. The molecule has 0 aromatic heterocycles. The predicted octanol–water partition coefficient (Wildman–Crippen LogP) is 4.21. The van der Waals surface area contributed by atoms with Crippen molar-refractivity contribution in [3.8, 4) is 0 Å². The lowest BCUT2D eigenvalue weighted by atomic mass is 9.78. The first-order chi connectivity index (χ1) is 7.17. The van der Waals surface area contributed by atoms with Crippen LogP contribution in [0, 0.1) is 17.8 Å². The maximum absolute atomic E-state index is 12.0. The van der Waals surface area contributed by atoms with Crippen molar-refractivity contribution in [1.82, 2.24) is 0 Å². The van der Waals surface area contributed by atoms with Crippen LogP contribution in [0.3, 0.4) is 0 Å². The molecule has 1 aliphatic carbocycles. The molecule has 15 heavy (non-hydrogen) atoms. The van der Waals surface area contributed by atoms with E-state index in [1.165, 1.54) is 12.8 Å². The number of carbonyl (C=O) groups excluding carboxylic acids is 1. The highest BCUT2D eigenvalue weighted by molar-refractivity contribution is 5.81. The Morgan fingerprint density at radius 1 is 1.13 bits per heavy atom. The van der Waals surface area contributed by atoms with Crippen LogP contribution in [0.1, 0.15) is 65.7 Å². The summed E-state index contributed by atoms with van der Waals surface area (Å²) in [5.74, 6) is 2.44. The second-order valence-electron chi connectivity index (χ2n) is 5.31. The summed E-state index contributed by atoms with van der Waals surface area (Å²) in [6.07, 6.45) is 7.99. The van der Waals surface area contributed by atoms with Gasteiger partial charge in [0.05, 0.1) is 0 Å². The molecule has 1 saturated carbocycles. The topological polar surface area (TPSA) is 17.1 Å². The third kappa shape index (κ3) is 3.96. The molecule has 0 amide bonds.